The second kappa shape index (κ2) is 6.58. The van der Waals surface area contributed by atoms with E-state index in [0.717, 1.165) is 40.6 Å². The number of nitrogens with zero attached hydrogens (tertiary/aromatic N) is 3. The molecule has 0 unspecified atom stereocenters. The molecule has 21 heavy (non-hydrogen) atoms. The largest absolute Gasteiger partial charge is 0.325 e. The fourth-order valence-corrected chi connectivity index (χ4v) is 4.60. The van der Waals surface area contributed by atoms with Crippen molar-refractivity contribution >= 4 is 29.0 Å². The van der Waals surface area contributed by atoms with E-state index in [4.69, 9.17) is 0 Å². The first-order valence-electron chi connectivity index (χ1n) is 7.08. The smallest absolute Gasteiger partial charge is 0.266 e. The van der Waals surface area contributed by atoms with Crippen LogP contribution in [-0.4, -0.2) is 38.4 Å². The molecule has 1 amide bonds. The average molecular weight is 319 g/mol. The lowest BCUT2D eigenvalue weighted by atomic mass is 10.3. The van der Waals surface area contributed by atoms with Crippen molar-refractivity contribution in [1.29, 1.82) is 0 Å². The molecule has 110 valence electrons. The lowest BCUT2D eigenvalue weighted by Gasteiger charge is -2.22. The zero-order chi connectivity index (χ0) is 14.7. The van der Waals surface area contributed by atoms with Crippen molar-refractivity contribution in [3.05, 3.63) is 35.6 Å². The van der Waals surface area contributed by atoms with Gasteiger partial charge in [0.05, 0.1) is 11.6 Å². The Balaban J connectivity index is 1.78. The first kappa shape index (κ1) is 14.5. The fourth-order valence-electron chi connectivity index (χ4n) is 2.38. The molecule has 0 spiro atoms. The number of aromatic nitrogens is 2. The number of thiazole rings is 1. The Labute approximate surface area is 132 Å². The maximum atomic E-state index is 12.6. The van der Waals surface area contributed by atoms with E-state index in [1.54, 1.807) is 18.6 Å². The van der Waals surface area contributed by atoms with Gasteiger partial charge < -0.3 is 4.90 Å². The van der Waals surface area contributed by atoms with Crippen molar-refractivity contribution in [3.8, 4) is 10.6 Å². The van der Waals surface area contributed by atoms with Crippen LogP contribution in [0.5, 0.6) is 0 Å². The zero-order valence-electron chi connectivity index (χ0n) is 11.9. The summed E-state index contributed by atoms with van der Waals surface area (Å²) in [5, 5.41) is 1.18. The first-order chi connectivity index (χ1) is 10.3. The molecular weight excluding hydrogens is 302 g/mol. The van der Waals surface area contributed by atoms with Crippen LogP contribution < -0.4 is 0 Å². The quantitative estimate of drug-likeness (QED) is 0.865. The molecule has 0 saturated carbocycles. The summed E-state index contributed by atoms with van der Waals surface area (Å²) >= 11 is 3.33. The summed E-state index contributed by atoms with van der Waals surface area (Å²) in [5.74, 6) is 1.15. The van der Waals surface area contributed by atoms with Crippen LogP contribution in [0, 0.1) is 0 Å². The number of pyridine rings is 1. The van der Waals surface area contributed by atoms with Crippen LogP contribution in [0.3, 0.4) is 0 Å². The van der Waals surface area contributed by atoms with Gasteiger partial charge in [-0.1, -0.05) is 13.3 Å². The number of rotatable bonds is 4. The van der Waals surface area contributed by atoms with Gasteiger partial charge in [0.15, 0.2) is 0 Å². The van der Waals surface area contributed by atoms with E-state index in [9.17, 15) is 4.79 Å². The molecule has 6 heteroatoms. The Morgan fingerprint density at radius 3 is 3.14 bits per heavy atom. The molecule has 4 nitrogen and oxygen atoms in total. The van der Waals surface area contributed by atoms with Crippen molar-refractivity contribution < 1.29 is 4.79 Å². The summed E-state index contributed by atoms with van der Waals surface area (Å²) in [6, 6.07) is 3.85. The molecule has 0 aliphatic carbocycles. The maximum absolute atomic E-state index is 12.6. The molecule has 0 bridgehead atoms. The predicted octanol–water partition coefficient (Wildman–Crippen LogP) is 3.52. The van der Waals surface area contributed by atoms with Crippen LogP contribution in [0.25, 0.3) is 10.6 Å². The van der Waals surface area contributed by atoms with Crippen molar-refractivity contribution in [2.45, 2.75) is 25.1 Å². The van der Waals surface area contributed by atoms with Gasteiger partial charge in [-0.2, -0.15) is 0 Å². The van der Waals surface area contributed by atoms with Gasteiger partial charge >= 0.3 is 0 Å². The number of amides is 1. The molecule has 1 aliphatic heterocycles. The minimum atomic E-state index is 0.117. The topological polar surface area (TPSA) is 46.1 Å². The third kappa shape index (κ3) is 3.11. The van der Waals surface area contributed by atoms with Crippen LogP contribution in [0.2, 0.25) is 0 Å². The minimum absolute atomic E-state index is 0.117. The summed E-state index contributed by atoms with van der Waals surface area (Å²) in [4.78, 5) is 23.8. The van der Waals surface area contributed by atoms with Crippen molar-refractivity contribution in [1.82, 2.24) is 14.9 Å². The zero-order valence-corrected chi connectivity index (χ0v) is 13.5. The molecule has 1 saturated heterocycles. The monoisotopic (exact) mass is 319 g/mol. The van der Waals surface area contributed by atoms with E-state index >= 15 is 0 Å². The van der Waals surface area contributed by atoms with Crippen LogP contribution in [0.4, 0.5) is 0 Å². The molecule has 2 aromatic rings. The molecule has 0 N–H and O–H groups in total. The van der Waals surface area contributed by atoms with Crippen molar-refractivity contribution in [2.75, 3.05) is 12.3 Å². The Bertz CT molecular complexity index is 614. The normalized spacial score (nSPS) is 18.1. The van der Waals surface area contributed by atoms with Gasteiger partial charge in [-0.3, -0.25) is 9.78 Å². The molecule has 1 atom stereocenters. The molecule has 1 fully saturated rings. The molecule has 3 heterocycles. The Hall–Kier alpha value is -1.40. The third-order valence-electron chi connectivity index (χ3n) is 3.41. The fraction of sp³-hybridized carbons (Fsp3) is 0.400. The van der Waals surface area contributed by atoms with E-state index in [1.807, 2.05) is 28.8 Å². The van der Waals surface area contributed by atoms with Crippen LogP contribution in [0.15, 0.2) is 30.7 Å². The van der Waals surface area contributed by atoms with Gasteiger partial charge in [-0.05, 0) is 18.6 Å². The number of hydrogen-bond donors (Lipinski definition) is 0. The van der Waals surface area contributed by atoms with E-state index in [1.165, 1.54) is 11.3 Å². The minimum Gasteiger partial charge on any atom is -0.325 e. The van der Waals surface area contributed by atoms with Gasteiger partial charge in [0.1, 0.15) is 9.88 Å². The molecule has 3 rings (SSSR count). The van der Waals surface area contributed by atoms with E-state index in [0.29, 0.717) is 5.37 Å². The number of carbonyl (C=O) groups is 1. The lowest BCUT2D eigenvalue weighted by molar-refractivity contribution is 0.0761. The SMILES string of the molecule is CCC[C@@H]1SCCN1C(=O)c1cnc(-c2cccnc2)s1. The van der Waals surface area contributed by atoms with Crippen molar-refractivity contribution in [3.63, 3.8) is 0 Å². The average Bonchev–Trinajstić information content (AvgIpc) is 3.17. The number of hydrogen-bond acceptors (Lipinski definition) is 5. The summed E-state index contributed by atoms with van der Waals surface area (Å²) in [6.45, 7) is 3.00. The highest BCUT2D eigenvalue weighted by Crippen LogP contribution is 2.31. The molecule has 1 aliphatic rings. The van der Waals surface area contributed by atoms with E-state index < -0.39 is 0 Å². The second-order valence-corrected chi connectivity index (χ2v) is 7.20. The van der Waals surface area contributed by atoms with Gasteiger partial charge in [0.2, 0.25) is 0 Å². The summed E-state index contributed by atoms with van der Waals surface area (Å²) in [7, 11) is 0. The number of carbonyl (C=O) groups excluding carboxylic acids is 1. The van der Waals surface area contributed by atoms with E-state index in [-0.39, 0.29) is 5.91 Å². The van der Waals surface area contributed by atoms with Crippen LogP contribution in [0.1, 0.15) is 29.4 Å². The highest BCUT2D eigenvalue weighted by Gasteiger charge is 2.30. The van der Waals surface area contributed by atoms with Gasteiger partial charge in [0, 0.05) is 30.3 Å². The van der Waals surface area contributed by atoms with Gasteiger partial charge in [-0.25, -0.2) is 4.98 Å². The van der Waals surface area contributed by atoms with Crippen LogP contribution in [-0.2, 0) is 0 Å². The Kier molecular flexibility index (Phi) is 4.55. The standard InChI is InChI=1S/C15H17N3OS2/c1-2-4-13-18(7-8-20-13)15(19)12-10-17-14(21-12)11-5-3-6-16-9-11/h3,5-6,9-10,13H,2,4,7-8H2,1H3/t13-/m0/s1. The number of thioether (sulfide) groups is 1. The second-order valence-electron chi connectivity index (χ2n) is 4.88. The predicted molar refractivity (Wildman–Crippen MR) is 87.5 cm³/mol. The van der Waals surface area contributed by atoms with Crippen LogP contribution >= 0.6 is 23.1 Å². The highest BCUT2D eigenvalue weighted by molar-refractivity contribution is 8.00. The summed E-state index contributed by atoms with van der Waals surface area (Å²) in [5.41, 5.74) is 0.961. The Morgan fingerprint density at radius 2 is 2.38 bits per heavy atom. The highest BCUT2D eigenvalue weighted by atomic mass is 32.2. The van der Waals surface area contributed by atoms with E-state index in [2.05, 4.69) is 16.9 Å². The molecule has 0 radical (unpaired) electrons. The summed E-state index contributed by atoms with van der Waals surface area (Å²) < 4.78 is 0. The molecule has 0 aromatic carbocycles. The maximum Gasteiger partial charge on any atom is 0.266 e. The molecule has 2 aromatic heterocycles. The third-order valence-corrected chi connectivity index (χ3v) is 5.74. The first-order valence-corrected chi connectivity index (χ1v) is 8.95. The summed E-state index contributed by atoms with van der Waals surface area (Å²) in [6.07, 6.45) is 7.37. The van der Waals surface area contributed by atoms with Gasteiger partial charge in [-0.15, -0.1) is 23.1 Å². The lowest BCUT2D eigenvalue weighted by Crippen LogP contribution is -2.34. The molecular formula is C15H17N3OS2. The van der Waals surface area contributed by atoms with Crippen molar-refractivity contribution in [2.24, 2.45) is 0 Å². The van der Waals surface area contributed by atoms with Gasteiger partial charge in [0.25, 0.3) is 5.91 Å². The Morgan fingerprint density at radius 1 is 1.48 bits per heavy atom.